The van der Waals surface area contributed by atoms with Gasteiger partial charge in [0.2, 0.25) is 0 Å². The first kappa shape index (κ1) is 48.6. The second-order valence-electron chi connectivity index (χ2n) is 13.6. The Hall–Kier alpha value is -2.39. The summed E-state index contributed by atoms with van der Waals surface area (Å²) in [5.41, 5.74) is 0. The van der Waals surface area contributed by atoms with Gasteiger partial charge in [-0.3, -0.25) is 14.1 Å². The van der Waals surface area contributed by atoms with Crippen LogP contribution in [0.2, 0.25) is 0 Å². The fourth-order valence-electron chi connectivity index (χ4n) is 5.57. The Kier molecular flexibility index (Phi) is 28.3. The molecule has 0 spiro atoms. The number of aliphatic hydroxyl groups is 3. The first-order chi connectivity index (χ1) is 25.5. The summed E-state index contributed by atoms with van der Waals surface area (Å²) in [5.74, 6) is -2.04. The van der Waals surface area contributed by atoms with Gasteiger partial charge in [-0.1, -0.05) is 101 Å². The van der Waals surface area contributed by atoms with Crippen LogP contribution in [0, 0.1) is 0 Å². The number of hydrogen-bond donors (Lipinski definition) is 4. The summed E-state index contributed by atoms with van der Waals surface area (Å²) in [6.45, 7) is 3.55. The molecule has 0 amide bonds. The smallest absolute Gasteiger partial charge is 0.306 e. The second kappa shape index (κ2) is 30.9. The van der Waals surface area contributed by atoms with E-state index in [0.717, 1.165) is 77.0 Å². The van der Waals surface area contributed by atoms with Crippen LogP contribution in [0.1, 0.15) is 136 Å². The minimum absolute atomic E-state index is 0.126. The van der Waals surface area contributed by atoms with E-state index in [1.165, 1.54) is 19.3 Å². The van der Waals surface area contributed by atoms with Crippen molar-refractivity contribution in [3.63, 3.8) is 0 Å². The Labute approximate surface area is 318 Å². The van der Waals surface area contributed by atoms with Crippen molar-refractivity contribution in [2.24, 2.45) is 0 Å². The standard InChI is InChI=1S/C40H68O12S/c1-3-5-7-9-11-13-15-17-19-21-23-25-27-29-36(42)51-33(31-50-40-39(45)38(44)37(43)34(52-40)32-53(46,47)48)30-49-35(41)28-26-24-22-20-18-16-14-12-10-8-6-4-2/h5,7,11-14,17,19,33-34,37-40,43-45H,3-4,6,8-10,15-16,18,20-32H2,1-2H3,(H,46,47,48)/b7-5-,13-11-,14-12-,19-17-. The molecule has 1 heterocycles. The number of allylic oxidation sites excluding steroid dienone is 8. The molecule has 0 radical (unpaired) electrons. The molecule has 306 valence electrons. The summed E-state index contributed by atoms with van der Waals surface area (Å²) < 4.78 is 53.8. The van der Waals surface area contributed by atoms with Gasteiger partial charge < -0.3 is 34.3 Å². The van der Waals surface area contributed by atoms with Crippen LogP contribution in [0.4, 0.5) is 0 Å². The largest absolute Gasteiger partial charge is 0.462 e. The molecule has 0 aromatic rings. The van der Waals surface area contributed by atoms with E-state index >= 15 is 0 Å². The maximum Gasteiger partial charge on any atom is 0.306 e. The van der Waals surface area contributed by atoms with Crippen LogP contribution in [0.25, 0.3) is 0 Å². The van der Waals surface area contributed by atoms with E-state index in [0.29, 0.717) is 12.8 Å². The van der Waals surface area contributed by atoms with E-state index in [4.69, 9.17) is 18.9 Å². The quantitative estimate of drug-likeness (QED) is 0.0250. The molecule has 6 atom stereocenters. The molecule has 4 N–H and O–H groups in total. The van der Waals surface area contributed by atoms with Crippen LogP contribution in [-0.4, -0.2) is 96.0 Å². The summed E-state index contributed by atoms with van der Waals surface area (Å²) in [7, 11) is -4.60. The molecule has 13 heteroatoms. The molecular formula is C40H68O12S. The lowest BCUT2D eigenvalue weighted by atomic mass is 10.00. The number of rotatable bonds is 31. The van der Waals surface area contributed by atoms with Crippen LogP contribution >= 0.6 is 0 Å². The molecule has 12 nitrogen and oxygen atoms in total. The van der Waals surface area contributed by atoms with E-state index in [-0.39, 0.29) is 19.4 Å². The van der Waals surface area contributed by atoms with Gasteiger partial charge in [-0.15, -0.1) is 0 Å². The topological polar surface area (TPSA) is 186 Å². The Bertz CT molecular complexity index is 1180. The highest BCUT2D eigenvalue weighted by molar-refractivity contribution is 7.85. The maximum absolute atomic E-state index is 12.7. The molecule has 1 aliphatic rings. The van der Waals surface area contributed by atoms with Gasteiger partial charge in [0, 0.05) is 12.8 Å². The maximum atomic E-state index is 12.7. The zero-order valence-electron chi connectivity index (χ0n) is 32.1. The Balaban J connectivity index is 2.55. The molecule has 1 fully saturated rings. The van der Waals surface area contributed by atoms with Gasteiger partial charge in [-0.25, -0.2) is 0 Å². The molecule has 0 saturated carbocycles. The average molecular weight is 773 g/mol. The summed E-state index contributed by atoms with van der Waals surface area (Å²) in [6, 6.07) is 0. The normalized spacial score (nSPS) is 21.7. The van der Waals surface area contributed by atoms with Gasteiger partial charge in [-0.2, -0.15) is 8.42 Å². The van der Waals surface area contributed by atoms with E-state index in [9.17, 15) is 37.9 Å². The van der Waals surface area contributed by atoms with Crippen molar-refractivity contribution in [3.05, 3.63) is 48.6 Å². The predicted octanol–water partition coefficient (Wildman–Crippen LogP) is 6.83. The third-order valence-corrected chi connectivity index (χ3v) is 9.39. The first-order valence-electron chi connectivity index (χ1n) is 19.7. The van der Waals surface area contributed by atoms with Gasteiger partial charge in [-0.05, 0) is 70.6 Å². The van der Waals surface area contributed by atoms with Gasteiger partial charge in [0.05, 0.1) is 6.61 Å². The Morgan fingerprint density at radius 3 is 1.81 bits per heavy atom. The zero-order valence-corrected chi connectivity index (χ0v) is 32.9. The van der Waals surface area contributed by atoms with Crippen molar-refractivity contribution in [1.82, 2.24) is 0 Å². The highest BCUT2D eigenvalue weighted by Gasteiger charge is 2.46. The van der Waals surface area contributed by atoms with E-state index in [2.05, 4.69) is 62.5 Å². The van der Waals surface area contributed by atoms with Crippen molar-refractivity contribution >= 4 is 22.1 Å². The third-order valence-electron chi connectivity index (χ3n) is 8.64. The molecule has 0 bridgehead atoms. The Morgan fingerprint density at radius 1 is 0.660 bits per heavy atom. The van der Waals surface area contributed by atoms with Gasteiger partial charge in [0.25, 0.3) is 10.1 Å². The lowest BCUT2D eigenvalue weighted by Gasteiger charge is -2.40. The first-order valence-corrected chi connectivity index (χ1v) is 21.3. The molecule has 1 aliphatic heterocycles. The zero-order chi connectivity index (χ0) is 39.2. The molecule has 53 heavy (non-hydrogen) atoms. The number of carbonyl (C=O) groups excluding carboxylic acids is 2. The Morgan fingerprint density at radius 2 is 1.19 bits per heavy atom. The number of unbranched alkanes of at least 4 members (excludes halogenated alkanes) is 11. The van der Waals surface area contributed by atoms with E-state index in [1.807, 2.05) is 0 Å². The van der Waals surface area contributed by atoms with Gasteiger partial charge in [0.1, 0.15) is 36.8 Å². The summed E-state index contributed by atoms with van der Waals surface area (Å²) in [4.78, 5) is 25.2. The highest BCUT2D eigenvalue weighted by Crippen LogP contribution is 2.24. The highest BCUT2D eigenvalue weighted by atomic mass is 32.2. The fraction of sp³-hybridized carbons (Fsp3) is 0.750. The van der Waals surface area contributed by atoms with Gasteiger partial charge >= 0.3 is 11.9 Å². The summed E-state index contributed by atoms with van der Waals surface area (Å²) >= 11 is 0. The van der Waals surface area contributed by atoms with Crippen LogP contribution in [0.15, 0.2) is 48.6 Å². The van der Waals surface area contributed by atoms with E-state index < -0.39 is 71.2 Å². The minimum Gasteiger partial charge on any atom is -0.462 e. The molecule has 1 saturated heterocycles. The van der Waals surface area contributed by atoms with Crippen molar-refractivity contribution < 1.29 is 56.8 Å². The summed E-state index contributed by atoms with van der Waals surface area (Å²) in [5, 5.41) is 30.7. The number of aliphatic hydroxyl groups excluding tert-OH is 3. The number of carbonyl (C=O) groups is 2. The lowest BCUT2D eigenvalue weighted by molar-refractivity contribution is -0.297. The molecule has 0 aliphatic carbocycles. The monoisotopic (exact) mass is 772 g/mol. The van der Waals surface area contributed by atoms with Crippen LogP contribution < -0.4 is 0 Å². The number of hydrogen-bond acceptors (Lipinski definition) is 11. The second-order valence-corrected chi connectivity index (χ2v) is 15.1. The number of esters is 2. The van der Waals surface area contributed by atoms with Crippen molar-refractivity contribution in [3.8, 4) is 0 Å². The average Bonchev–Trinajstić information content (AvgIpc) is 3.12. The molecule has 6 unspecified atom stereocenters. The minimum atomic E-state index is -4.60. The number of ether oxygens (including phenoxy) is 4. The molecular weight excluding hydrogens is 704 g/mol. The lowest BCUT2D eigenvalue weighted by Crippen LogP contribution is -2.60. The van der Waals surface area contributed by atoms with Crippen molar-refractivity contribution in [2.45, 2.75) is 173 Å². The fourth-order valence-corrected chi connectivity index (χ4v) is 6.26. The molecule has 0 aromatic carbocycles. The SMILES string of the molecule is CC/C=C\C/C=C\C/C=C\CCCCCC(=O)OC(COC(=O)CCCCCCC/C=C\CCCCC)COC1OC(CS(=O)(=O)O)C(O)C(O)C1O. The van der Waals surface area contributed by atoms with Gasteiger partial charge in [0.15, 0.2) is 12.4 Å². The van der Waals surface area contributed by atoms with Crippen LogP contribution in [0.5, 0.6) is 0 Å². The predicted molar refractivity (Wildman–Crippen MR) is 206 cm³/mol. The third kappa shape index (κ3) is 26.1. The van der Waals surface area contributed by atoms with Crippen LogP contribution in [0.3, 0.4) is 0 Å². The van der Waals surface area contributed by atoms with E-state index in [1.54, 1.807) is 0 Å². The summed E-state index contributed by atoms with van der Waals surface area (Å²) in [6.07, 6.45) is 24.6. The van der Waals surface area contributed by atoms with Crippen molar-refractivity contribution in [1.29, 1.82) is 0 Å². The molecule has 0 aromatic heterocycles. The molecule has 1 rings (SSSR count). The van der Waals surface area contributed by atoms with Crippen LogP contribution in [-0.2, 0) is 38.7 Å². The van der Waals surface area contributed by atoms with Crippen molar-refractivity contribution in [2.75, 3.05) is 19.0 Å².